The summed E-state index contributed by atoms with van der Waals surface area (Å²) in [7, 11) is -3.56. The first-order valence-electron chi connectivity index (χ1n) is 13.8. The van der Waals surface area contributed by atoms with Gasteiger partial charge in [0, 0.05) is 18.2 Å². The third kappa shape index (κ3) is 6.12. The fourth-order valence-corrected chi connectivity index (χ4v) is 6.40. The molecule has 3 aromatic rings. The van der Waals surface area contributed by atoms with Crippen LogP contribution in [0.3, 0.4) is 0 Å². The van der Waals surface area contributed by atoms with Crippen molar-refractivity contribution in [1.29, 1.82) is 0 Å². The summed E-state index contributed by atoms with van der Waals surface area (Å²) < 4.78 is 32.0. The zero-order valence-electron chi connectivity index (χ0n) is 23.6. The Morgan fingerprint density at radius 1 is 1.07 bits per heavy atom. The second-order valence-corrected chi connectivity index (χ2v) is 13.7. The van der Waals surface area contributed by atoms with Gasteiger partial charge in [0.2, 0.25) is 5.95 Å². The molecular weight excluding hydrogens is 564 g/mol. The fourth-order valence-electron chi connectivity index (χ4n) is 5.06. The molecule has 10 nitrogen and oxygen atoms in total. The van der Waals surface area contributed by atoms with Crippen LogP contribution in [0.25, 0.3) is 0 Å². The first kappa shape index (κ1) is 29.1. The van der Waals surface area contributed by atoms with E-state index in [2.05, 4.69) is 25.9 Å². The summed E-state index contributed by atoms with van der Waals surface area (Å²) in [6.45, 7) is 9.50. The van der Waals surface area contributed by atoms with Crippen LogP contribution in [0.15, 0.2) is 47.5 Å². The van der Waals surface area contributed by atoms with Crippen molar-refractivity contribution in [3.63, 3.8) is 0 Å². The number of carbonyl (C=O) groups excluding carboxylic acids is 1. The van der Waals surface area contributed by atoms with Crippen molar-refractivity contribution < 1.29 is 17.9 Å². The lowest BCUT2D eigenvalue weighted by Crippen LogP contribution is -2.43. The van der Waals surface area contributed by atoms with E-state index in [1.54, 1.807) is 44.2 Å². The Morgan fingerprint density at radius 3 is 2.51 bits per heavy atom. The lowest BCUT2D eigenvalue weighted by molar-refractivity contribution is 0.0668. The number of hydrogen-bond donors (Lipinski definition) is 3. The third-order valence-corrected chi connectivity index (χ3v) is 9.69. The van der Waals surface area contributed by atoms with E-state index in [9.17, 15) is 13.2 Å². The zero-order valence-corrected chi connectivity index (χ0v) is 25.1. The van der Waals surface area contributed by atoms with Crippen molar-refractivity contribution in [2.45, 2.75) is 69.4 Å². The lowest BCUT2D eigenvalue weighted by Gasteiger charge is -2.31. The van der Waals surface area contributed by atoms with Crippen LogP contribution in [0, 0.1) is 0 Å². The molecule has 218 valence electrons. The number of amides is 1. The van der Waals surface area contributed by atoms with Crippen LogP contribution in [-0.2, 0) is 16.4 Å². The van der Waals surface area contributed by atoms with Gasteiger partial charge in [0.25, 0.3) is 5.91 Å². The van der Waals surface area contributed by atoms with E-state index in [0.717, 1.165) is 31.5 Å². The molecular formula is C29H35ClN6O4S. The highest BCUT2D eigenvalue weighted by atomic mass is 35.5. The van der Waals surface area contributed by atoms with E-state index >= 15 is 0 Å². The molecule has 1 aromatic heterocycles. The Kier molecular flexibility index (Phi) is 8.40. The maximum Gasteiger partial charge on any atom is 0.254 e. The number of rotatable bonds is 9. The van der Waals surface area contributed by atoms with Gasteiger partial charge in [0.15, 0.2) is 15.7 Å². The highest BCUT2D eigenvalue weighted by Crippen LogP contribution is 2.37. The van der Waals surface area contributed by atoms with Crippen LogP contribution in [0.2, 0.25) is 5.02 Å². The van der Waals surface area contributed by atoms with Gasteiger partial charge in [-0.3, -0.25) is 4.79 Å². The predicted molar refractivity (Wildman–Crippen MR) is 160 cm³/mol. The SMILES string of the molecule is CC(C)Oc1cc2c(cc1Nc1ncc(Cl)c(Nc3ccccc3S(=O)(=O)C(C)C)n1)C(=O)N(C1CCNCC1)C2. The van der Waals surface area contributed by atoms with E-state index in [1.165, 1.54) is 6.20 Å². The number of fused-ring (bicyclic) bond motifs is 1. The number of sulfone groups is 1. The summed E-state index contributed by atoms with van der Waals surface area (Å²) in [5.74, 6) is 1.03. The molecule has 12 heteroatoms. The number of benzene rings is 2. The maximum absolute atomic E-state index is 13.4. The van der Waals surface area contributed by atoms with E-state index in [0.29, 0.717) is 29.2 Å². The zero-order chi connectivity index (χ0) is 29.3. The maximum atomic E-state index is 13.4. The Bertz CT molecular complexity index is 1560. The lowest BCUT2D eigenvalue weighted by atomic mass is 10.1. The molecule has 41 heavy (non-hydrogen) atoms. The van der Waals surface area contributed by atoms with E-state index in [1.807, 2.05) is 24.8 Å². The fraction of sp³-hybridized carbons (Fsp3) is 0.414. The van der Waals surface area contributed by atoms with Gasteiger partial charge in [-0.1, -0.05) is 23.7 Å². The molecule has 1 saturated heterocycles. The van der Waals surface area contributed by atoms with Crippen LogP contribution >= 0.6 is 11.6 Å². The van der Waals surface area contributed by atoms with Gasteiger partial charge in [-0.15, -0.1) is 0 Å². The molecule has 5 rings (SSSR count). The number of para-hydroxylation sites is 1. The normalized spacial score (nSPS) is 15.9. The summed E-state index contributed by atoms with van der Waals surface area (Å²) in [5, 5.41) is 9.23. The minimum atomic E-state index is -3.56. The minimum Gasteiger partial charge on any atom is -0.489 e. The van der Waals surface area contributed by atoms with Gasteiger partial charge in [-0.25, -0.2) is 13.4 Å². The molecule has 3 N–H and O–H groups in total. The number of aromatic nitrogens is 2. The summed E-state index contributed by atoms with van der Waals surface area (Å²) >= 11 is 6.42. The Hall–Kier alpha value is -3.41. The van der Waals surface area contributed by atoms with Crippen LogP contribution < -0.4 is 20.7 Å². The summed E-state index contributed by atoms with van der Waals surface area (Å²) in [5.41, 5.74) is 2.46. The van der Waals surface area contributed by atoms with Crippen LogP contribution in [0.4, 0.5) is 23.1 Å². The highest BCUT2D eigenvalue weighted by Gasteiger charge is 2.34. The molecule has 2 aliphatic rings. The molecule has 0 spiro atoms. The summed E-state index contributed by atoms with van der Waals surface area (Å²) in [6.07, 6.45) is 3.18. The second-order valence-electron chi connectivity index (χ2n) is 10.8. The molecule has 2 aliphatic heterocycles. The van der Waals surface area contributed by atoms with Crippen molar-refractivity contribution in [3.8, 4) is 5.75 Å². The average Bonchev–Trinajstić information content (AvgIpc) is 3.26. The molecule has 0 unspecified atom stereocenters. The smallest absolute Gasteiger partial charge is 0.254 e. The molecule has 0 saturated carbocycles. The highest BCUT2D eigenvalue weighted by molar-refractivity contribution is 7.92. The first-order chi connectivity index (χ1) is 19.5. The first-order valence-corrected chi connectivity index (χ1v) is 15.7. The number of anilines is 4. The van der Waals surface area contributed by atoms with E-state index < -0.39 is 15.1 Å². The summed E-state index contributed by atoms with van der Waals surface area (Å²) in [6, 6.07) is 10.5. The number of nitrogens with one attached hydrogen (secondary N) is 3. The van der Waals surface area contributed by atoms with Gasteiger partial charge in [-0.2, -0.15) is 4.98 Å². The van der Waals surface area contributed by atoms with Crippen LogP contribution in [-0.4, -0.2) is 59.7 Å². The van der Waals surface area contributed by atoms with Gasteiger partial charge >= 0.3 is 0 Å². The topological polar surface area (TPSA) is 126 Å². The number of nitrogens with zero attached hydrogens (tertiary/aromatic N) is 3. The van der Waals surface area contributed by atoms with Crippen LogP contribution in [0.1, 0.15) is 56.5 Å². The van der Waals surface area contributed by atoms with E-state index in [4.69, 9.17) is 16.3 Å². The second kappa shape index (κ2) is 11.8. The molecule has 1 amide bonds. The molecule has 0 aliphatic carbocycles. The molecule has 3 heterocycles. The van der Waals surface area contributed by atoms with Crippen molar-refractivity contribution >= 4 is 50.5 Å². The molecule has 0 bridgehead atoms. The van der Waals surface area contributed by atoms with Crippen molar-refractivity contribution in [2.24, 2.45) is 0 Å². The van der Waals surface area contributed by atoms with Crippen molar-refractivity contribution in [1.82, 2.24) is 20.2 Å². The molecule has 0 atom stereocenters. The van der Waals surface area contributed by atoms with Gasteiger partial charge in [0.05, 0.1) is 33.8 Å². The van der Waals surface area contributed by atoms with E-state index in [-0.39, 0.29) is 39.7 Å². The van der Waals surface area contributed by atoms with Gasteiger partial charge in [-0.05, 0) is 83.5 Å². The number of piperidine rings is 1. The standard InChI is InChI=1S/C29H35ClN6O4S/c1-17(2)40-25-13-19-16-36(20-9-11-31-12-10-20)28(37)21(19)14-24(25)34-29-32-15-22(30)27(35-29)33-23-7-5-6-8-26(23)41(38,39)18(3)4/h5-8,13-15,17-18,20,31H,9-12,16H2,1-4H3,(H2,32,33,34,35). The molecule has 1 fully saturated rings. The Morgan fingerprint density at radius 2 is 1.80 bits per heavy atom. The summed E-state index contributed by atoms with van der Waals surface area (Å²) in [4.78, 5) is 24.4. The molecule has 0 radical (unpaired) electrons. The van der Waals surface area contributed by atoms with Crippen LogP contribution in [0.5, 0.6) is 5.75 Å². The quantitative estimate of drug-likeness (QED) is 0.301. The number of hydrogen-bond acceptors (Lipinski definition) is 9. The predicted octanol–water partition coefficient (Wildman–Crippen LogP) is 5.29. The van der Waals surface area contributed by atoms with Gasteiger partial charge in [0.1, 0.15) is 10.8 Å². The van der Waals surface area contributed by atoms with Crippen molar-refractivity contribution in [3.05, 3.63) is 58.7 Å². The van der Waals surface area contributed by atoms with Gasteiger partial charge < -0.3 is 25.6 Å². The number of carbonyl (C=O) groups is 1. The number of halogens is 1. The monoisotopic (exact) mass is 598 g/mol. The molecule has 2 aromatic carbocycles. The largest absolute Gasteiger partial charge is 0.489 e. The Labute approximate surface area is 245 Å². The third-order valence-electron chi connectivity index (χ3n) is 7.21. The minimum absolute atomic E-state index is 0.00777. The number of ether oxygens (including phenoxy) is 1. The Balaban J connectivity index is 1.45. The average molecular weight is 599 g/mol. The van der Waals surface area contributed by atoms with Crippen molar-refractivity contribution in [2.75, 3.05) is 23.7 Å².